The second-order valence-electron chi connectivity index (χ2n) is 4.97. The summed E-state index contributed by atoms with van der Waals surface area (Å²) in [6.07, 6.45) is 4.82. The number of amides is 3. The predicted molar refractivity (Wildman–Crippen MR) is 82.9 cm³/mol. The van der Waals surface area contributed by atoms with Crippen molar-refractivity contribution in [1.29, 1.82) is 0 Å². The fourth-order valence-corrected chi connectivity index (χ4v) is 2.88. The summed E-state index contributed by atoms with van der Waals surface area (Å²) in [4.78, 5) is 30.0. The molecule has 0 saturated carbocycles. The van der Waals surface area contributed by atoms with Crippen LogP contribution >= 0.6 is 11.3 Å². The molecule has 1 atom stereocenters. The number of urea groups is 1. The van der Waals surface area contributed by atoms with Gasteiger partial charge in [-0.05, 0) is 12.8 Å². The van der Waals surface area contributed by atoms with Gasteiger partial charge in [0.1, 0.15) is 6.04 Å². The highest BCUT2D eigenvalue weighted by Crippen LogP contribution is 2.19. The fourth-order valence-electron chi connectivity index (χ4n) is 2.36. The largest absolute Gasteiger partial charge is 0.326 e. The first kappa shape index (κ1) is 14.5. The molecule has 0 aliphatic carbocycles. The van der Waals surface area contributed by atoms with E-state index in [1.807, 2.05) is 0 Å². The standard InChI is InChI=1S/C13H16N6O2S/c1-18-7-4-10(17-18)19-6-2-3-9(11(19)20)15-12(21)16-13-14-5-8-22-13/h4-5,7-9H,2-3,6H2,1H3,(H2,14,15,16,21). The Kier molecular flexibility index (Phi) is 4.05. The first-order chi connectivity index (χ1) is 10.6. The molecule has 2 aromatic rings. The van der Waals surface area contributed by atoms with Gasteiger partial charge in [0.2, 0.25) is 0 Å². The first-order valence-electron chi connectivity index (χ1n) is 6.91. The van der Waals surface area contributed by atoms with Gasteiger partial charge in [0.25, 0.3) is 5.91 Å². The Hall–Kier alpha value is -2.42. The van der Waals surface area contributed by atoms with Gasteiger partial charge in [-0.1, -0.05) is 0 Å². The van der Waals surface area contributed by atoms with Crippen molar-refractivity contribution in [2.75, 3.05) is 16.8 Å². The molecule has 22 heavy (non-hydrogen) atoms. The third-order valence-electron chi connectivity index (χ3n) is 3.37. The molecular weight excluding hydrogens is 304 g/mol. The molecule has 1 aliphatic heterocycles. The van der Waals surface area contributed by atoms with Crippen molar-refractivity contribution in [2.24, 2.45) is 7.05 Å². The molecular formula is C13H16N6O2S. The van der Waals surface area contributed by atoms with E-state index in [9.17, 15) is 9.59 Å². The predicted octanol–water partition coefficient (Wildman–Crippen LogP) is 1.19. The number of hydrogen-bond donors (Lipinski definition) is 2. The maximum Gasteiger partial charge on any atom is 0.321 e. The zero-order valence-electron chi connectivity index (χ0n) is 12.0. The van der Waals surface area contributed by atoms with E-state index in [4.69, 9.17) is 0 Å². The number of nitrogens with one attached hydrogen (secondary N) is 2. The van der Waals surface area contributed by atoms with Crippen molar-refractivity contribution >= 4 is 34.2 Å². The summed E-state index contributed by atoms with van der Waals surface area (Å²) in [5.41, 5.74) is 0. The maximum atomic E-state index is 12.5. The average molecular weight is 320 g/mol. The van der Waals surface area contributed by atoms with Gasteiger partial charge in [-0.3, -0.25) is 19.7 Å². The van der Waals surface area contributed by atoms with Gasteiger partial charge < -0.3 is 5.32 Å². The molecule has 1 aliphatic rings. The molecule has 2 aromatic heterocycles. The van der Waals surface area contributed by atoms with Crippen LogP contribution in [0.15, 0.2) is 23.8 Å². The normalized spacial score (nSPS) is 18.3. The van der Waals surface area contributed by atoms with E-state index < -0.39 is 12.1 Å². The molecule has 3 rings (SSSR count). The minimum Gasteiger partial charge on any atom is -0.326 e. The van der Waals surface area contributed by atoms with Crippen molar-refractivity contribution in [3.8, 4) is 0 Å². The molecule has 3 amide bonds. The second-order valence-corrected chi connectivity index (χ2v) is 5.86. The number of rotatable bonds is 3. The molecule has 0 radical (unpaired) electrons. The summed E-state index contributed by atoms with van der Waals surface area (Å²) >= 11 is 1.32. The zero-order chi connectivity index (χ0) is 15.5. The number of nitrogens with zero attached hydrogens (tertiary/aromatic N) is 4. The van der Waals surface area contributed by atoms with Gasteiger partial charge in [0, 0.05) is 37.4 Å². The number of hydrogen-bond acceptors (Lipinski definition) is 5. The van der Waals surface area contributed by atoms with E-state index in [0.717, 1.165) is 6.42 Å². The molecule has 3 heterocycles. The summed E-state index contributed by atoms with van der Waals surface area (Å²) < 4.78 is 1.65. The second kappa shape index (κ2) is 6.14. The van der Waals surface area contributed by atoms with Crippen molar-refractivity contribution in [1.82, 2.24) is 20.1 Å². The van der Waals surface area contributed by atoms with E-state index in [2.05, 4.69) is 20.7 Å². The number of piperidine rings is 1. The Balaban J connectivity index is 1.64. The molecule has 1 unspecified atom stereocenters. The number of aryl methyl sites for hydroxylation is 1. The summed E-state index contributed by atoms with van der Waals surface area (Å²) in [7, 11) is 1.80. The lowest BCUT2D eigenvalue weighted by Gasteiger charge is -2.31. The third kappa shape index (κ3) is 3.08. The number of carbonyl (C=O) groups is 2. The average Bonchev–Trinajstić information content (AvgIpc) is 3.13. The lowest BCUT2D eigenvalue weighted by molar-refractivity contribution is -0.121. The summed E-state index contributed by atoms with van der Waals surface area (Å²) in [5, 5.41) is 11.8. The highest BCUT2D eigenvalue weighted by molar-refractivity contribution is 7.13. The Morgan fingerprint density at radius 2 is 2.36 bits per heavy atom. The van der Waals surface area contributed by atoms with Crippen LogP contribution < -0.4 is 15.5 Å². The van der Waals surface area contributed by atoms with E-state index >= 15 is 0 Å². The maximum absolute atomic E-state index is 12.5. The number of thiazole rings is 1. The monoisotopic (exact) mass is 320 g/mol. The third-order valence-corrected chi connectivity index (χ3v) is 4.06. The number of carbonyl (C=O) groups excluding carboxylic acids is 2. The quantitative estimate of drug-likeness (QED) is 0.888. The highest BCUT2D eigenvalue weighted by Gasteiger charge is 2.31. The molecule has 1 fully saturated rings. The van der Waals surface area contributed by atoms with E-state index in [-0.39, 0.29) is 5.91 Å². The van der Waals surface area contributed by atoms with Gasteiger partial charge in [-0.25, -0.2) is 9.78 Å². The van der Waals surface area contributed by atoms with Gasteiger partial charge in [0.15, 0.2) is 10.9 Å². The molecule has 2 N–H and O–H groups in total. The minimum atomic E-state index is -0.546. The Morgan fingerprint density at radius 3 is 3.05 bits per heavy atom. The zero-order valence-corrected chi connectivity index (χ0v) is 12.8. The molecule has 0 aromatic carbocycles. The molecule has 9 heteroatoms. The van der Waals surface area contributed by atoms with E-state index in [1.54, 1.807) is 40.5 Å². The Morgan fingerprint density at radius 1 is 1.50 bits per heavy atom. The summed E-state index contributed by atoms with van der Waals surface area (Å²) in [5.74, 6) is 0.471. The van der Waals surface area contributed by atoms with Crippen LogP contribution in [-0.2, 0) is 11.8 Å². The first-order valence-corrected chi connectivity index (χ1v) is 7.79. The van der Waals surface area contributed by atoms with Crippen LogP contribution in [0, 0.1) is 0 Å². The van der Waals surface area contributed by atoms with Crippen molar-refractivity contribution in [2.45, 2.75) is 18.9 Å². The van der Waals surface area contributed by atoms with Gasteiger partial charge in [-0.15, -0.1) is 11.3 Å². The Bertz CT molecular complexity index is 668. The van der Waals surface area contributed by atoms with E-state index in [0.29, 0.717) is 23.9 Å². The van der Waals surface area contributed by atoms with Gasteiger partial charge in [0.05, 0.1) is 0 Å². The lowest BCUT2D eigenvalue weighted by Crippen LogP contribution is -2.53. The van der Waals surface area contributed by atoms with Crippen LogP contribution in [0.25, 0.3) is 0 Å². The highest BCUT2D eigenvalue weighted by atomic mass is 32.1. The molecule has 1 saturated heterocycles. The molecule has 116 valence electrons. The molecule has 0 bridgehead atoms. The lowest BCUT2D eigenvalue weighted by atomic mass is 10.1. The van der Waals surface area contributed by atoms with Crippen molar-refractivity contribution < 1.29 is 9.59 Å². The number of anilines is 2. The van der Waals surface area contributed by atoms with Crippen molar-refractivity contribution in [3.05, 3.63) is 23.8 Å². The summed E-state index contributed by atoms with van der Waals surface area (Å²) in [6.45, 7) is 0.613. The molecule has 0 spiro atoms. The van der Waals surface area contributed by atoms with Crippen LogP contribution in [0.4, 0.5) is 15.7 Å². The summed E-state index contributed by atoms with van der Waals surface area (Å²) in [6, 6.07) is 0.822. The number of aromatic nitrogens is 3. The van der Waals surface area contributed by atoms with Gasteiger partial charge in [-0.2, -0.15) is 5.10 Å². The van der Waals surface area contributed by atoms with Crippen LogP contribution in [0.2, 0.25) is 0 Å². The van der Waals surface area contributed by atoms with Crippen LogP contribution in [-0.4, -0.2) is 39.3 Å². The van der Waals surface area contributed by atoms with E-state index in [1.165, 1.54) is 11.3 Å². The van der Waals surface area contributed by atoms with Crippen LogP contribution in [0.5, 0.6) is 0 Å². The van der Waals surface area contributed by atoms with Gasteiger partial charge >= 0.3 is 6.03 Å². The molecule has 8 nitrogen and oxygen atoms in total. The smallest absolute Gasteiger partial charge is 0.321 e. The van der Waals surface area contributed by atoms with Crippen LogP contribution in [0.1, 0.15) is 12.8 Å². The fraction of sp³-hybridized carbons (Fsp3) is 0.385. The topological polar surface area (TPSA) is 92.1 Å². The van der Waals surface area contributed by atoms with Crippen LogP contribution in [0.3, 0.4) is 0 Å². The van der Waals surface area contributed by atoms with Crippen molar-refractivity contribution in [3.63, 3.8) is 0 Å². The minimum absolute atomic E-state index is 0.140. The SMILES string of the molecule is Cn1ccc(N2CCCC(NC(=O)Nc3nccs3)C2=O)n1. The Labute approximate surface area is 131 Å².